The highest BCUT2D eigenvalue weighted by atomic mass is 35.5. The number of amides is 3. The van der Waals surface area contributed by atoms with Crippen molar-refractivity contribution in [1.29, 1.82) is 0 Å². The number of aromatic nitrogens is 2. The summed E-state index contributed by atoms with van der Waals surface area (Å²) in [6.45, 7) is 2.94. The summed E-state index contributed by atoms with van der Waals surface area (Å²) in [5.74, 6) is -2.13. The van der Waals surface area contributed by atoms with E-state index in [1.165, 1.54) is 17.0 Å². The maximum atomic E-state index is 14.1. The number of fused-ring (bicyclic) bond motifs is 1. The second-order valence-electron chi connectivity index (χ2n) is 7.79. The Balaban J connectivity index is 1.74. The molecule has 1 aromatic heterocycles. The Morgan fingerprint density at radius 3 is 2.67 bits per heavy atom. The molecule has 0 aliphatic carbocycles. The highest BCUT2D eigenvalue weighted by molar-refractivity contribution is 6.30. The third kappa shape index (κ3) is 5.87. The SMILES string of the molecule is Cc1nn(CC(=O)N(CC(=O)NCc2cccc(Cl)c2F)C(C)CC(N)=O)c2ccccc12. The van der Waals surface area contributed by atoms with Gasteiger partial charge in [-0.3, -0.25) is 19.1 Å². The molecule has 174 valence electrons. The second kappa shape index (κ2) is 10.4. The molecular formula is C23H25ClFN5O3. The average molecular weight is 474 g/mol. The van der Waals surface area contributed by atoms with Gasteiger partial charge in [-0.15, -0.1) is 0 Å². The van der Waals surface area contributed by atoms with Crippen molar-refractivity contribution in [2.75, 3.05) is 6.54 Å². The van der Waals surface area contributed by atoms with Crippen molar-refractivity contribution >= 4 is 40.2 Å². The largest absolute Gasteiger partial charge is 0.370 e. The minimum Gasteiger partial charge on any atom is -0.370 e. The van der Waals surface area contributed by atoms with Crippen molar-refractivity contribution in [3.63, 3.8) is 0 Å². The van der Waals surface area contributed by atoms with Crippen LogP contribution in [0.3, 0.4) is 0 Å². The molecule has 33 heavy (non-hydrogen) atoms. The Labute approximate surface area is 195 Å². The Morgan fingerprint density at radius 2 is 1.94 bits per heavy atom. The van der Waals surface area contributed by atoms with Crippen LogP contribution < -0.4 is 11.1 Å². The van der Waals surface area contributed by atoms with Gasteiger partial charge in [0.05, 0.1) is 22.8 Å². The van der Waals surface area contributed by atoms with Gasteiger partial charge in [0, 0.05) is 30.0 Å². The molecule has 3 aromatic rings. The number of aryl methyl sites for hydroxylation is 1. The van der Waals surface area contributed by atoms with E-state index < -0.39 is 29.6 Å². The van der Waals surface area contributed by atoms with Crippen LogP contribution in [0, 0.1) is 12.7 Å². The van der Waals surface area contributed by atoms with Crippen molar-refractivity contribution in [2.45, 2.75) is 39.4 Å². The van der Waals surface area contributed by atoms with E-state index in [4.69, 9.17) is 17.3 Å². The van der Waals surface area contributed by atoms with Crippen LogP contribution in [0.4, 0.5) is 4.39 Å². The highest BCUT2D eigenvalue weighted by Gasteiger charge is 2.25. The minimum atomic E-state index is -0.619. The molecule has 3 rings (SSSR count). The normalized spacial score (nSPS) is 11.9. The zero-order chi connectivity index (χ0) is 24.1. The van der Waals surface area contributed by atoms with Gasteiger partial charge in [0.1, 0.15) is 12.4 Å². The summed E-state index contributed by atoms with van der Waals surface area (Å²) in [6.07, 6.45) is -0.110. The number of primary amides is 1. The number of nitrogens with zero attached hydrogens (tertiary/aromatic N) is 3. The Morgan fingerprint density at radius 1 is 1.21 bits per heavy atom. The van der Waals surface area contributed by atoms with Crippen molar-refractivity contribution in [3.05, 3.63) is 64.6 Å². The Hall–Kier alpha value is -3.46. The number of para-hydroxylation sites is 1. The molecule has 0 saturated heterocycles. The molecule has 0 spiro atoms. The lowest BCUT2D eigenvalue weighted by Gasteiger charge is -2.28. The van der Waals surface area contributed by atoms with Crippen LogP contribution in [0.5, 0.6) is 0 Å². The quantitative estimate of drug-likeness (QED) is 0.497. The van der Waals surface area contributed by atoms with E-state index in [2.05, 4.69) is 10.4 Å². The fourth-order valence-electron chi connectivity index (χ4n) is 3.61. The van der Waals surface area contributed by atoms with Gasteiger partial charge in [-0.25, -0.2) is 4.39 Å². The lowest BCUT2D eigenvalue weighted by atomic mass is 10.1. The molecule has 0 saturated carbocycles. The van der Waals surface area contributed by atoms with Gasteiger partial charge in [-0.2, -0.15) is 5.10 Å². The van der Waals surface area contributed by atoms with Gasteiger partial charge in [0.2, 0.25) is 17.7 Å². The summed E-state index contributed by atoms with van der Waals surface area (Å²) in [5.41, 5.74) is 7.09. The number of hydrogen-bond donors (Lipinski definition) is 2. The predicted octanol–water partition coefficient (Wildman–Crippen LogP) is 2.55. The minimum absolute atomic E-state index is 0.0459. The summed E-state index contributed by atoms with van der Waals surface area (Å²) in [5, 5.41) is 7.89. The Bertz CT molecular complexity index is 1200. The number of carbonyl (C=O) groups is 3. The van der Waals surface area contributed by atoms with E-state index in [-0.39, 0.29) is 36.6 Å². The van der Waals surface area contributed by atoms with E-state index in [1.807, 2.05) is 31.2 Å². The molecule has 8 nitrogen and oxygen atoms in total. The number of carbonyl (C=O) groups excluding carboxylic acids is 3. The lowest BCUT2D eigenvalue weighted by Crippen LogP contribution is -2.47. The molecule has 0 aliphatic rings. The molecule has 0 fully saturated rings. The molecule has 10 heteroatoms. The standard InChI is InChI=1S/C23H25ClFN5O3/c1-14(10-20(26)31)29(12-21(32)27-11-16-6-5-8-18(24)23(16)25)22(33)13-30-19-9-4-3-7-17(19)15(2)28-30/h3-9,14H,10-13H2,1-2H3,(H2,26,31)(H,27,32). The molecule has 1 atom stereocenters. The molecule has 0 radical (unpaired) electrons. The van der Waals surface area contributed by atoms with Crippen LogP contribution >= 0.6 is 11.6 Å². The first kappa shape index (κ1) is 24.2. The molecule has 1 unspecified atom stereocenters. The maximum Gasteiger partial charge on any atom is 0.245 e. The van der Waals surface area contributed by atoms with Crippen LogP contribution in [0.25, 0.3) is 10.9 Å². The number of nitrogens with two attached hydrogens (primary N) is 1. The third-order valence-electron chi connectivity index (χ3n) is 5.30. The van der Waals surface area contributed by atoms with E-state index in [9.17, 15) is 18.8 Å². The van der Waals surface area contributed by atoms with Crippen molar-refractivity contribution in [1.82, 2.24) is 20.0 Å². The second-order valence-corrected chi connectivity index (χ2v) is 8.20. The summed E-state index contributed by atoms with van der Waals surface area (Å²) in [4.78, 5) is 38.5. The van der Waals surface area contributed by atoms with E-state index in [0.717, 1.165) is 16.6 Å². The maximum absolute atomic E-state index is 14.1. The molecular weight excluding hydrogens is 449 g/mol. The summed E-state index contributed by atoms with van der Waals surface area (Å²) < 4.78 is 15.6. The van der Waals surface area contributed by atoms with E-state index in [1.54, 1.807) is 17.7 Å². The molecule has 0 aliphatic heterocycles. The zero-order valence-electron chi connectivity index (χ0n) is 18.3. The van der Waals surface area contributed by atoms with Crippen molar-refractivity contribution in [3.8, 4) is 0 Å². The van der Waals surface area contributed by atoms with Crippen LogP contribution in [-0.4, -0.2) is 45.0 Å². The van der Waals surface area contributed by atoms with Gasteiger partial charge in [-0.05, 0) is 26.0 Å². The molecule has 2 aromatic carbocycles. The zero-order valence-corrected chi connectivity index (χ0v) is 19.1. The van der Waals surface area contributed by atoms with Crippen LogP contribution in [0.15, 0.2) is 42.5 Å². The summed E-state index contributed by atoms with van der Waals surface area (Å²) in [7, 11) is 0. The topological polar surface area (TPSA) is 110 Å². The molecule has 1 heterocycles. The third-order valence-corrected chi connectivity index (χ3v) is 5.59. The lowest BCUT2D eigenvalue weighted by molar-refractivity contribution is -0.139. The van der Waals surface area contributed by atoms with Gasteiger partial charge in [-0.1, -0.05) is 41.9 Å². The number of rotatable bonds is 9. The first-order chi connectivity index (χ1) is 15.7. The Kier molecular flexibility index (Phi) is 7.65. The first-order valence-corrected chi connectivity index (χ1v) is 10.7. The number of nitrogens with one attached hydrogen (secondary N) is 1. The fraction of sp³-hybridized carbons (Fsp3) is 0.304. The molecule has 0 bridgehead atoms. The van der Waals surface area contributed by atoms with Gasteiger partial charge >= 0.3 is 0 Å². The number of benzene rings is 2. The highest BCUT2D eigenvalue weighted by Crippen LogP contribution is 2.19. The van der Waals surface area contributed by atoms with Crippen molar-refractivity contribution < 1.29 is 18.8 Å². The monoisotopic (exact) mass is 473 g/mol. The van der Waals surface area contributed by atoms with Crippen LogP contribution in [0.1, 0.15) is 24.6 Å². The van der Waals surface area contributed by atoms with Gasteiger partial charge in [0.15, 0.2) is 0 Å². The van der Waals surface area contributed by atoms with E-state index in [0.29, 0.717) is 0 Å². The number of halogens is 2. The summed E-state index contributed by atoms with van der Waals surface area (Å²) >= 11 is 5.77. The van der Waals surface area contributed by atoms with Crippen molar-refractivity contribution in [2.24, 2.45) is 5.73 Å². The van der Waals surface area contributed by atoms with Gasteiger partial charge < -0.3 is 16.0 Å². The van der Waals surface area contributed by atoms with Gasteiger partial charge in [0.25, 0.3) is 0 Å². The smallest absolute Gasteiger partial charge is 0.245 e. The molecule has 3 N–H and O–H groups in total. The summed E-state index contributed by atoms with van der Waals surface area (Å²) in [6, 6.07) is 11.4. The van der Waals surface area contributed by atoms with Crippen LogP contribution in [-0.2, 0) is 27.5 Å². The van der Waals surface area contributed by atoms with E-state index >= 15 is 0 Å². The fourth-order valence-corrected chi connectivity index (χ4v) is 3.81. The molecule has 3 amide bonds. The first-order valence-electron chi connectivity index (χ1n) is 10.4. The predicted molar refractivity (Wildman–Crippen MR) is 123 cm³/mol. The van der Waals surface area contributed by atoms with Crippen LogP contribution in [0.2, 0.25) is 5.02 Å². The number of hydrogen-bond acceptors (Lipinski definition) is 4. The average Bonchev–Trinajstić information content (AvgIpc) is 3.08.